The zero-order chi connectivity index (χ0) is 32.4. The number of ether oxygens (including phenoxy) is 2. The summed E-state index contributed by atoms with van der Waals surface area (Å²) in [5.74, 6) is -0.257. The number of benzene rings is 2. The third kappa shape index (κ3) is 6.20. The molecular weight excluding hydrogens is 589 g/mol. The van der Waals surface area contributed by atoms with Gasteiger partial charge in [-0.3, -0.25) is 10.1 Å². The van der Waals surface area contributed by atoms with Gasteiger partial charge in [-0.25, -0.2) is 24.1 Å². The molecule has 2 aliphatic heterocycles. The maximum absolute atomic E-state index is 15.2. The Kier molecular flexibility index (Phi) is 8.55. The van der Waals surface area contributed by atoms with Gasteiger partial charge in [-0.15, -0.1) is 0 Å². The van der Waals surface area contributed by atoms with Crippen LogP contribution in [0.15, 0.2) is 67.0 Å². The fourth-order valence-electron chi connectivity index (χ4n) is 5.80. The Bertz CT molecular complexity index is 1740. The van der Waals surface area contributed by atoms with Crippen LogP contribution in [0.1, 0.15) is 36.5 Å². The minimum atomic E-state index is -1.21. The monoisotopic (exact) mass is 625 g/mol. The molecule has 0 radical (unpaired) electrons. The molecule has 0 spiro atoms. The van der Waals surface area contributed by atoms with Gasteiger partial charge in [0.05, 0.1) is 18.2 Å². The predicted octanol–water partition coefficient (Wildman–Crippen LogP) is 4.73. The van der Waals surface area contributed by atoms with E-state index in [1.165, 1.54) is 6.07 Å². The molecule has 46 heavy (non-hydrogen) atoms. The lowest BCUT2D eigenvalue weighted by molar-refractivity contribution is -0.128. The average Bonchev–Trinajstić information content (AvgIpc) is 3.07. The Morgan fingerprint density at radius 1 is 1.00 bits per heavy atom. The Morgan fingerprint density at radius 2 is 1.72 bits per heavy atom. The van der Waals surface area contributed by atoms with Gasteiger partial charge < -0.3 is 24.6 Å². The van der Waals surface area contributed by atoms with Crippen molar-refractivity contribution >= 4 is 17.9 Å². The van der Waals surface area contributed by atoms with Crippen LogP contribution in [0, 0.1) is 11.2 Å². The molecule has 1 saturated heterocycles. The molecule has 0 aliphatic carbocycles. The number of carbonyl (C=O) groups is 2. The molecule has 11 nitrogen and oxygen atoms in total. The number of para-hydroxylation sites is 1. The number of nitrogens with zero attached hydrogens (tertiary/aromatic N) is 5. The number of anilines is 1. The highest BCUT2D eigenvalue weighted by atomic mass is 19.1. The summed E-state index contributed by atoms with van der Waals surface area (Å²) in [6.07, 6.45) is 3.43. The van der Waals surface area contributed by atoms with Crippen LogP contribution < -0.4 is 25.0 Å². The summed E-state index contributed by atoms with van der Waals surface area (Å²) >= 11 is 0. The van der Waals surface area contributed by atoms with E-state index in [1.807, 2.05) is 24.3 Å². The number of aromatic nitrogens is 3. The summed E-state index contributed by atoms with van der Waals surface area (Å²) in [6, 6.07) is 14.8. The van der Waals surface area contributed by atoms with Crippen molar-refractivity contribution in [3.8, 4) is 28.6 Å². The maximum Gasteiger partial charge on any atom is 0.321 e. The lowest BCUT2D eigenvalue weighted by atomic mass is 9.69. The van der Waals surface area contributed by atoms with Gasteiger partial charge in [-0.2, -0.15) is 0 Å². The number of methoxy groups -OCH3 is 1. The molecule has 6 rings (SSSR count). The van der Waals surface area contributed by atoms with Crippen LogP contribution in [0.2, 0.25) is 0 Å². The number of pyridine rings is 1. The van der Waals surface area contributed by atoms with E-state index in [0.29, 0.717) is 34.1 Å². The molecule has 1 unspecified atom stereocenters. The molecular formula is C34H36FN7O4. The lowest BCUT2D eigenvalue weighted by Gasteiger charge is -2.37. The first-order valence-electron chi connectivity index (χ1n) is 15.1. The van der Waals surface area contributed by atoms with Crippen molar-refractivity contribution < 1.29 is 23.5 Å². The second-order valence-electron chi connectivity index (χ2n) is 12.1. The largest absolute Gasteiger partial charge is 0.497 e. The zero-order valence-electron chi connectivity index (χ0n) is 26.2. The number of carbonyl (C=O) groups excluding carboxylic acids is 2. The van der Waals surface area contributed by atoms with Crippen LogP contribution in [0.3, 0.4) is 0 Å². The molecule has 0 saturated carbocycles. The summed E-state index contributed by atoms with van der Waals surface area (Å²) in [5, 5.41) is 5.18. The standard InChI is InChI=1S/C34H36FN7O4/c1-34(2,31(43)40-33(44)38-18-21-8-10-23(45-4)11-9-21)28-24-6-5-7-26(35)29(24)46-30-25(28)12-13-27(39-30)22-19-36-32(37-20-22)42-16-14-41(3)15-17-42/h5-13,19-20,28H,14-18H2,1-4H3,(H2,38,40,43,44). The average molecular weight is 626 g/mol. The Hall–Kier alpha value is -5.10. The van der Waals surface area contributed by atoms with E-state index < -0.39 is 29.1 Å². The Labute approximate surface area is 266 Å². The van der Waals surface area contributed by atoms with Gasteiger partial charge in [0, 0.05) is 67.7 Å². The number of nitrogens with one attached hydrogen (secondary N) is 2. The summed E-state index contributed by atoms with van der Waals surface area (Å²) in [7, 11) is 3.67. The van der Waals surface area contributed by atoms with Gasteiger partial charge in [0.25, 0.3) is 0 Å². The van der Waals surface area contributed by atoms with E-state index in [2.05, 4.69) is 37.4 Å². The lowest BCUT2D eigenvalue weighted by Crippen LogP contribution is -2.48. The van der Waals surface area contributed by atoms with Crippen molar-refractivity contribution in [2.75, 3.05) is 45.2 Å². The first-order valence-corrected chi connectivity index (χ1v) is 15.1. The normalized spacial score (nSPS) is 16.1. The number of imide groups is 1. The molecule has 3 amide bonds. The van der Waals surface area contributed by atoms with Crippen LogP contribution in [0.25, 0.3) is 11.3 Å². The second kappa shape index (κ2) is 12.7. The first-order chi connectivity index (χ1) is 22.1. The van der Waals surface area contributed by atoms with Crippen LogP contribution >= 0.6 is 0 Å². The fraction of sp³-hybridized carbons (Fsp3) is 0.324. The Morgan fingerprint density at radius 3 is 2.41 bits per heavy atom. The summed E-state index contributed by atoms with van der Waals surface area (Å²) < 4.78 is 26.4. The van der Waals surface area contributed by atoms with Crippen molar-refractivity contribution in [1.29, 1.82) is 0 Å². The molecule has 0 bridgehead atoms. The van der Waals surface area contributed by atoms with Crippen LogP contribution in [-0.2, 0) is 11.3 Å². The molecule has 1 atom stereocenters. The Balaban J connectivity index is 1.23. The second-order valence-corrected chi connectivity index (χ2v) is 12.1. The van der Waals surface area contributed by atoms with Crippen molar-refractivity contribution in [2.24, 2.45) is 5.41 Å². The number of halogens is 1. The van der Waals surface area contributed by atoms with Gasteiger partial charge in [0.1, 0.15) is 5.75 Å². The van der Waals surface area contributed by atoms with Crippen molar-refractivity contribution in [3.05, 3.63) is 89.5 Å². The van der Waals surface area contributed by atoms with Gasteiger partial charge in [0.2, 0.25) is 17.7 Å². The van der Waals surface area contributed by atoms with Gasteiger partial charge in [-0.1, -0.05) is 44.2 Å². The maximum atomic E-state index is 15.2. The summed E-state index contributed by atoms with van der Waals surface area (Å²) in [6.45, 7) is 7.22. The quantitative estimate of drug-likeness (QED) is 0.300. The van der Waals surface area contributed by atoms with E-state index in [9.17, 15) is 9.59 Å². The molecule has 2 aromatic carbocycles. The minimum absolute atomic E-state index is 0.00357. The number of piperazine rings is 1. The highest BCUT2D eigenvalue weighted by Gasteiger charge is 2.45. The third-order valence-corrected chi connectivity index (χ3v) is 8.57. The number of urea groups is 1. The highest BCUT2D eigenvalue weighted by Crippen LogP contribution is 2.52. The number of fused-ring (bicyclic) bond motifs is 2. The molecule has 1 fully saturated rings. The van der Waals surface area contributed by atoms with Gasteiger partial charge in [-0.05, 0) is 36.9 Å². The van der Waals surface area contributed by atoms with Crippen LogP contribution in [0.5, 0.6) is 17.4 Å². The topological polar surface area (TPSA) is 122 Å². The number of likely N-dealkylation sites (N-methyl/N-ethyl adjacent to an activating group) is 1. The SMILES string of the molecule is COc1ccc(CNC(=O)NC(=O)C(C)(C)C2c3ccc(-c4cnc(N5CCN(C)CC5)nc4)nc3Oc3c(F)cccc32)cc1. The van der Waals surface area contributed by atoms with Gasteiger partial charge >= 0.3 is 6.03 Å². The van der Waals surface area contributed by atoms with E-state index >= 15 is 4.39 Å². The fourth-order valence-corrected chi connectivity index (χ4v) is 5.80. The number of rotatable bonds is 7. The van der Waals surface area contributed by atoms with E-state index in [-0.39, 0.29) is 18.2 Å². The van der Waals surface area contributed by atoms with Gasteiger partial charge in [0.15, 0.2) is 11.6 Å². The molecule has 238 valence electrons. The van der Waals surface area contributed by atoms with Crippen LogP contribution in [-0.4, -0.2) is 72.1 Å². The van der Waals surface area contributed by atoms with E-state index in [0.717, 1.165) is 31.7 Å². The first kappa shape index (κ1) is 30.9. The summed E-state index contributed by atoms with van der Waals surface area (Å²) in [4.78, 5) is 44.7. The number of amides is 3. The van der Waals surface area contributed by atoms with Crippen molar-refractivity contribution in [3.63, 3.8) is 0 Å². The van der Waals surface area contributed by atoms with E-state index in [1.54, 1.807) is 57.6 Å². The van der Waals surface area contributed by atoms with Crippen LogP contribution in [0.4, 0.5) is 15.1 Å². The molecule has 2 N–H and O–H groups in total. The smallest absolute Gasteiger partial charge is 0.321 e. The molecule has 12 heteroatoms. The highest BCUT2D eigenvalue weighted by molar-refractivity contribution is 5.98. The number of hydrogen-bond donors (Lipinski definition) is 2. The van der Waals surface area contributed by atoms with E-state index in [4.69, 9.17) is 14.5 Å². The zero-order valence-corrected chi connectivity index (χ0v) is 26.2. The summed E-state index contributed by atoms with van der Waals surface area (Å²) in [5.41, 5.74) is 1.92. The number of hydrogen-bond acceptors (Lipinski definition) is 9. The minimum Gasteiger partial charge on any atom is -0.497 e. The molecule has 4 aromatic rings. The molecule has 2 aliphatic rings. The van der Waals surface area contributed by atoms with Crippen molar-refractivity contribution in [2.45, 2.75) is 26.3 Å². The van der Waals surface area contributed by atoms with Crippen molar-refractivity contribution in [1.82, 2.24) is 30.5 Å². The predicted molar refractivity (Wildman–Crippen MR) is 170 cm³/mol. The molecule has 2 aromatic heterocycles. The molecule has 4 heterocycles. The third-order valence-electron chi connectivity index (χ3n) is 8.57.